The highest BCUT2D eigenvalue weighted by molar-refractivity contribution is 5.86. The molecular weight excluding hydrogens is 358 g/mol. The van der Waals surface area contributed by atoms with E-state index in [0.717, 1.165) is 11.1 Å². The maximum Gasteiger partial charge on any atom is 0.513 e. The molecule has 2 aromatic rings. The fourth-order valence-corrected chi connectivity index (χ4v) is 2.22. The van der Waals surface area contributed by atoms with Crippen molar-refractivity contribution in [2.24, 2.45) is 0 Å². The molecule has 0 unspecified atom stereocenters. The Morgan fingerprint density at radius 1 is 0.929 bits per heavy atom. The number of esters is 1. The average molecular weight is 379 g/mol. The Labute approximate surface area is 164 Å². The molecule has 28 heavy (non-hydrogen) atoms. The number of carbonyl (C=O) groups excluding carboxylic acids is 2. The number of carbonyl (C=O) groups is 2. The summed E-state index contributed by atoms with van der Waals surface area (Å²) >= 11 is 0. The summed E-state index contributed by atoms with van der Waals surface area (Å²) < 4.78 is 15.1. The summed E-state index contributed by atoms with van der Waals surface area (Å²) in [6.45, 7) is 12.5. The first-order chi connectivity index (χ1) is 13.5. The van der Waals surface area contributed by atoms with E-state index in [0.29, 0.717) is 29.9 Å². The maximum absolute atomic E-state index is 11.7. The molecule has 144 valence electrons. The van der Waals surface area contributed by atoms with Crippen molar-refractivity contribution < 1.29 is 23.8 Å². The number of rotatable bonds is 8. The minimum atomic E-state index is -0.784. The third kappa shape index (κ3) is 6.61. The molecule has 0 radical (unpaired) electrons. The van der Waals surface area contributed by atoms with E-state index in [2.05, 4.69) is 11.4 Å². The molecule has 0 heterocycles. The van der Waals surface area contributed by atoms with Crippen molar-refractivity contribution in [1.82, 2.24) is 0 Å². The van der Waals surface area contributed by atoms with E-state index in [1.807, 2.05) is 24.3 Å². The molecule has 0 amide bonds. The number of ether oxygens (including phenoxy) is 3. The van der Waals surface area contributed by atoms with Crippen LogP contribution in [-0.4, -0.2) is 25.3 Å². The van der Waals surface area contributed by atoms with E-state index in [-0.39, 0.29) is 13.2 Å². The SMILES string of the molecule is [C-]#[N+]c1ccc(-c2ccc(OC(=O)OCCCCOC(=O)C(=C)C)cc2)cc1. The van der Waals surface area contributed by atoms with Gasteiger partial charge in [0.1, 0.15) is 5.75 Å². The summed E-state index contributed by atoms with van der Waals surface area (Å²) in [4.78, 5) is 26.3. The summed E-state index contributed by atoms with van der Waals surface area (Å²) in [6, 6.07) is 14.2. The lowest BCUT2D eigenvalue weighted by molar-refractivity contribution is -0.139. The van der Waals surface area contributed by atoms with Crippen LogP contribution in [0, 0.1) is 6.57 Å². The minimum Gasteiger partial charge on any atom is -0.462 e. The summed E-state index contributed by atoms with van der Waals surface area (Å²) in [5, 5.41) is 0. The molecule has 0 saturated heterocycles. The summed E-state index contributed by atoms with van der Waals surface area (Å²) in [6.07, 6.45) is 0.346. The molecule has 0 spiro atoms. The molecule has 0 atom stereocenters. The highest BCUT2D eigenvalue weighted by atomic mass is 16.7. The smallest absolute Gasteiger partial charge is 0.462 e. The molecule has 2 rings (SSSR count). The van der Waals surface area contributed by atoms with Crippen LogP contribution >= 0.6 is 0 Å². The molecular formula is C22H21NO5. The second kappa shape index (κ2) is 10.5. The number of unbranched alkanes of at least 4 members (excludes halogenated alkanes) is 1. The Bertz CT molecular complexity index is 863. The highest BCUT2D eigenvalue weighted by Crippen LogP contribution is 2.24. The van der Waals surface area contributed by atoms with Gasteiger partial charge in [-0.25, -0.2) is 14.4 Å². The maximum atomic E-state index is 11.7. The Hall–Kier alpha value is -3.59. The van der Waals surface area contributed by atoms with Gasteiger partial charge in [-0.1, -0.05) is 43.0 Å². The third-order valence-corrected chi connectivity index (χ3v) is 3.73. The largest absolute Gasteiger partial charge is 0.513 e. The van der Waals surface area contributed by atoms with E-state index in [1.54, 1.807) is 31.2 Å². The van der Waals surface area contributed by atoms with Gasteiger partial charge < -0.3 is 14.2 Å². The normalized spacial score (nSPS) is 9.86. The van der Waals surface area contributed by atoms with Gasteiger partial charge in [0.25, 0.3) is 0 Å². The molecule has 2 aromatic carbocycles. The average Bonchev–Trinajstić information content (AvgIpc) is 2.71. The monoisotopic (exact) mass is 379 g/mol. The van der Waals surface area contributed by atoms with Crippen molar-refractivity contribution in [1.29, 1.82) is 0 Å². The molecule has 0 aliphatic rings. The van der Waals surface area contributed by atoms with Gasteiger partial charge in [-0.2, -0.15) is 0 Å². The Morgan fingerprint density at radius 3 is 2.00 bits per heavy atom. The third-order valence-electron chi connectivity index (χ3n) is 3.73. The zero-order chi connectivity index (χ0) is 20.4. The fourth-order valence-electron chi connectivity index (χ4n) is 2.22. The van der Waals surface area contributed by atoms with Crippen LogP contribution in [-0.2, 0) is 14.3 Å². The predicted octanol–water partition coefficient (Wildman–Crippen LogP) is 5.32. The molecule has 0 saturated carbocycles. The van der Waals surface area contributed by atoms with Crippen molar-refractivity contribution in [2.45, 2.75) is 19.8 Å². The first kappa shape index (κ1) is 20.7. The molecule has 0 N–H and O–H groups in total. The van der Waals surface area contributed by atoms with Gasteiger partial charge in [-0.15, -0.1) is 0 Å². The second-order valence-corrected chi connectivity index (χ2v) is 6.01. The van der Waals surface area contributed by atoms with Crippen LogP contribution in [0.3, 0.4) is 0 Å². The van der Waals surface area contributed by atoms with Crippen LogP contribution < -0.4 is 4.74 Å². The van der Waals surface area contributed by atoms with Crippen LogP contribution in [0.25, 0.3) is 16.0 Å². The van der Waals surface area contributed by atoms with Crippen molar-refractivity contribution in [2.75, 3.05) is 13.2 Å². The van der Waals surface area contributed by atoms with Gasteiger partial charge in [0.15, 0.2) is 5.69 Å². The van der Waals surface area contributed by atoms with Gasteiger partial charge in [-0.3, -0.25) is 0 Å². The topological polar surface area (TPSA) is 66.2 Å². The fraction of sp³-hybridized carbons (Fsp3) is 0.227. The Balaban J connectivity index is 1.71. The van der Waals surface area contributed by atoms with Gasteiger partial charge >= 0.3 is 12.1 Å². The number of nitrogens with zero attached hydrogens (tertiary/aromatic N) is 1. The highest BCUT2D eigenvalue weighted by Gasteiger charge is 2.07. The van der Waals surface area contributed by atoms with Crippen LogP contribution in [0.2, 0.25) is 0 Å². The summed E-state index contributed by atoms with van der Waals surface area (Å²) in [7, 11) is 0. The molecule has 0 aliphatic heterocycles. The molecule has 6 nitrogen and oxygen atoms in total. The van der Waals surface area contributed by atoms with E-state index < -0.39 is 12.1 Å². The first-order valence-electron chi connectivity index (χ1n) is 8.75. The van der Waals surface area contributed by atoms with E-state index in [1.165, 1.54) is 0 Å². The van der Waals surface area contributed by atoms with E-state index in [9.17, 15) is 9.59 Å². The number of hydrogen-bond acceptors (Lipinski definition) is 5. The van der Waals surface area contributed by atoms with Gasteiger partial charge in [0.05, 0.1) is 19.8 Å². The number of benzene rings is 2. The quantitative estimate of drug-likeness (QED) is 0.204. The van der Waals surface area contributed by atoms with Crippen molar-refractivity contribution in [3.63, 3.8) is 0 Å². The Morgan fingerprint density at radius 2 is 1.46 bits per heavy atom. The molecule has 0 aliphatic carbocycles. The van der Waals surface area contributed by atoms with Crippen molar-refractivity contribution in [3.8, 4) is 16.9 Å². The first-order valence-corrected chi connectivity index (χ1v) is 8.75. The van der Waals surface area contributed by atoms with Gasteiger partial charge in [0, 0.05) is 5.57 Å². The summed E-state index contributed by atoms with van der Waals surface area (Å²) in [5.74, 6) is -0.0481. The number of hydrogen-bond donors (Lipinski definition) is 0. The van der Waals surface area contributed by atoms with E-state index in [4.69, 9.17) is 20.8 Å². The predicted molar refractivity (Wildman–Crippen MR) is 105 cm³/mol. The minimum absolute atomic E-state index is 0.176. The van der Waals surface area contributed by atoms with E-state index >= 15 is 0 Å². The molecule has 0 fully saturated rings. The summed E-state index contributed by atoms with van der Waals surface area (Å²) in [5.41, 5.74) is 2.85. The lowest BCUT2D eigenvalue weighted by Crippen LogP contribution is -2.12. The van der Waals surface area contributed by atoms with Crippen LogP contribution in [0.5, 0.6) is 5.75 Å². The lowest BCUT2D eigenvalue weighted by Gasteiger charge is -2.07. The lowest BCUT2D eigenvalue weighted by atomic mass is 10.1. The Kier molecular flexibility index (Phi) is 7.79. The van der Waals surface area contributed by atoms with Crippen molar-refractivity contribution in [3.05, 3.63) is 72.1 Å². The zero-order valence-electron chi connectivity index (χ0n) is 15.6. The van der Waals surface area contributed by atoms with Gasteiger partial charge in [-0.05, 0) is 43.0 Å². The standard InChI is InChI=1S/C22H21NO5/c1-16(2)21(24)26-14-4-5-15-27-22(25)28-20-12-8-18(9-13-20)17-6-10-19(23-3)11-7-17/h6-13H,1,4-5,14-15H2,2H3. The van der Waals surface area contributed by atoms with Crippen LogP contribution in [0.1, 0.15) is 19.8 Å². The van der Waals surface area contributed by atoms with Gasteiger partial charge in [0.2, 0.25) is 0 Å². The van der Waals surface area contributed by atoms with Crippen LogP contribution in [0.15, 0.2) is 60.7 Å². The molecule has 6 heteroatoms. The zero-order valence-corrected chi connectivity index (χ0v) is 15.6. The van der Waals surface area contributed by atoms with Crippen LogP contribution in [0.4, 0.5) is 10.5 Å². The second-order valence-electron chi connectivity index (χ2n) is 6.01. The van der Waals surface area contributed by atoms with Crippen molar-refractivity contribution >= 4 is 17.8 Å². The molecule has 0 aromatic heterocycles. The molecule has 0 bridgehead atoms.